The molecule has 0 fully saturated rings. The fourth-order valence-electron chi connectivity index (χ4n) is 4.71. The predicted molar refractivity (Wildman–Crippen MR) is 148 cm³/mol. The Kier molecular flexibility index (Phi) is 8.55. The number of hydrogen-bond acceptors (Lipinski definition) is 0. The molecule has 2 aromatic heterocycles. The van der Waals surface area contributed by atoms with E-state index in [0.29, 0.717) is 0 Å². The number of hydrogen-bond donors (Lipinski definition) is 0. The van der Waals surface area contributed by atoms with Crippen LogP contribution in [0.1, 0.15) is 22.5 Å². The van der Waals surface area contributed by atoms with Gasteiger partial charge >= 0.3 is 37.9 Å². The summed E-state index contributed by atoms with van der Waals surface area (Å²) < 4.78 is 4.52. The van der Waals surface area contributed by atoms with Gasteiger partial charge in [-0.15, -0.1) is 57.9 Å². The third-order valence-corrected chi connectivity index (χ3v) is 6.13. The fourth-order valence-corrected chi connectivity index (χ4v) is 4.71. The third-order valence-electron chi connectivity index (χ3n) is 6.13. The fraction of sp³-hybridized carbons (Fsp3) is 0.133. The van der Waals surface area contributed by atoms with Crippen LogP contribution in [-0.2, 0) is 20.8 Å². The Labute approximate surface area is 226 Å². The van der Waals surface area contributed by atoms with E-state index in [1.165, 1.54) is 55.4 Å². The van der Waals surface area contributed by atoms with E-state index < -0.39 is 20.8 Å². The summed E-state index contributed by atoms with van der Waals surface area (Å²) >= 11 is -0.826. The Balaban J connectivity index is 0.000000149. The van der Waals surface area contributed by atoms with Crippen molar-refractivity contribution in [3.05, 3.63) is 120 Å². The molecule has 176 valence electrons. The molecule has 0 atom stereocenters. The van der Waals surface area contributed by atoms with Crippen molar-refractivity contribution in [3.63, 3.8) is 0 Å². The summed E-state index contributed by atoms with van der Waals surface area (Å²) in [6.45, 7) is 8.56. The number of rotatable bonds is 2. The van der Waals surface area contributed by atoms with Gasteiger partial charge in [-0.2, -0.15) is 24.3 Å². The van der Waals surface area contributed by atoms with Gasteiger partial charge in [0, 0.05) is 35.2 Å². The third kappa shape index (κ3) is 5.75. The van der Waals surface area contributed by atoms with E-state index >= 15 is 0 Å². The molecule has 4 aromatic carbocycles. The van der Waals surface area contributed by atoms with Crippen LogP contribution in [0.4, 0.5) is 0 Å². The standard InChI is InChI=1S/2C15H14N.2ClH.Zr/c2*1-11-9-12(2)16(10-11)15-8-4-6-13-5-3-7-14(13)15;;;/h2*3-10H,1-2H3;2*1H;/q2*-1;;;+4/p-2. The first-order valence-corrected chi connectivity index (χ1v) is 17.8. The summed E-state index contributed by atoms with van der Waals surface area (Å²) in [7, 11) is 9.87. The number of benzene rings is 2. The maximum atomic E-state index is 4.93. The molecule has 0 bridgehead atoms. The quantitative estimate of drug-likeness (QED) is 0.181. The number of nitrogens with zero attached hydrogens (tertiary/aromatic N) is 2. The normalized spacial score (nSPS) is 10.5. The first-order valence-electron chi connectivity index (χ1n) is 11.5. The average molecular weight is 579 g/mol. The molecule has 35 heavy (non-hydrogen) atoms. The molecule has 2 heterocycles. The van der Waals surface area contributed by atoms with Crippen LogP contribution in [0.15, 0.2) is 97.3 Å². The van der Waals surface area contributed by atoms with Gasteiger partial charge in [0.05, 0.1) is 0 Å². The van der Waals surface area contributed by atoms with Gasteiger partial charge in [-0.1, -0.05) is 12.1 Å². The molecule has 0 radical (unpaired) electrons. The zero-order chi connectivity index (χ0) is 24.9. The first kappa shape index (κ1) is 25.8. The second kappa shape index (κ2) is 11.6. The van der Waals surface area contributed by atoms with E-state index in [2.05, 4.69) is 134 Å². The molecule has 5 heteroatoms. The van der Waals surface area contributed by atoms with Crippen molar-refractivity contribution >= 4 is 38.6 Å². The molecule has 6 rings (SSSR count). The van der Waals surface area contributed by atoms with Gasteiger partial charge in [-0.25, -0.2) is 0 Å². The van der Waals surface area contributed by atoms with E-state index in [-0.39, 0.29) is 0 Å². The van der Waals surface area contributed by atoms with Gasteiger partial charge in [0.15, 0.2) is 0 Å². The molecule has 0 aliphatic heterocycles. The Bertz CT molecular complexity index is 1430. The van der Waals surface area contributed by atoms with Crippen molar-refractivity contribution in [1.29, 1.82) is 0 Å². The Morgan fingerprint density at radius 2 is 1.03 bits per heavy atom. The van der Waals surface area contributed by atoms with Gasteiger partial charge in [0.25, 0.3) is 0 Å². The maximum absolute atomic E-state index is 4.93. The molecule has 0 saturated carbocycles. The van der Waals surface area contributed by atoms with Crippen LogP contribution >= 0.6 is 17.0 Å². The van der Waals surface area contributed by atoms with Crippen LogP contribution in [0.3, 0.4) is 0 Å². The number of aryl methyl sites for hydroxylation is 4. The van der Waals surface area contributed by atoms with E-state index in [1.807, 2.05) is 0 Å². The van der Waals surface area contributed by atoms with Crippen LogP contribution < -0.4 is 0 Å². The Hall–Kier alpha value is -2.32. The van der Waals surface area contributed by atoms with Crippen LogP contribution in [0.2, 0.25) is 0 Å². The molecule has 6 aromatic rings. The second-order valence-electron chi connectivity index (χ2n) is 8.74. The van der Waals surface area contributed by atoms with E-state index in [1.54, 1.807) is 0 Å². The van der Waals surface area contributed by atoms with Crippen LogP contribution in [0, 0.1) is 27.7 Å². The van der Waals surface area contributed by atoms with Gasteiger partial charge in [0.2, 0.25) is 0 Å². The summed E-state index contributed by atoms with van der Waals surface area (Å²) in [5.41, 5.74) is 7.72. The minimum absolute atomic E-state index is 0.826. The van der Waals surface area contributed by atoms with E-state index in [4.69, 9.17) is 17.0 Å². The second-order valence-corrected chi connectivity index (χ2v) is 12.5. The van der Waals surface area contributed by atoms with E-state index in [0.717, 1.165) is 0 Å². The molecule has 0 aliphatic rings. The molecule has 2 nitrogen and oxygen atoms in total. The van der Waals surface area contributed by atoms with Crippen LogP contribution in [-0.4, -0.2) is 9.13 Å². The van der Waals surface area contributed by atoms with Gasteiger partial charge in [-0.3, -0.25) is 0 Å². The summed E-state index contributed by atoms with van der Waals surface area (Å²) in [6, 6.07) is 30.2. The summed E-state index contributed by atoms with van der Waals surface area (Å²) in [5, 5.41) is 5.26. The number of fused-ring (bicyclic) bond motifs is 2. The van der Waals surface area contributed by atoms with Crippen molar-refractivity contribution in [1.82, 2.24) is 9.13 Å². The van der Waals surface area contributed by atoms with Gasteiger partial charge in [0.1, 0.15) is 0 Å². The number of halogens is 2. The summed E-state index contributed by atoms with van der Waals surface area (Å²) in [6.07, 6.45) is 4.38. The van der Waals surface area contributed by atoms with Crippen molar-refractivity contribution in [3.8, 4) is 11.4 Å². The van der Waals surface area contributed by atoms with Crippen molar-refractivity contribution in [2.24, 2.45) is 0 Å². The first-order chi connectivity index (χ1) is 16.9. The molecule has 0 N–H and O–H groups in total. The van der Waals surface area contributed by atoms with Gasteiger partial charge in [-0.05, 0) is 51.0 Å². The SMILES string of the molecule is Cc1cc(C)n(-c2cccc3[cH-]ccc23)c1.Cc1cc(C)n(-c2cccc3[cH-]ccc23)c1.[Cl][Zr+2][Cl]. The molecular formula is C30H28Cl2N2Zr. The molecule has 0 aliphatic carbocycles. The molecule has 0 amide bonds. The van der Waals surface area contributed by atoms with Crippen LogP contribution in [0.5, 0.6) is 0 Å². The predicted octanol–water partition coefficient (Wildman–Crippen LogP) is 9.31. The zero-order valence-electron chi connectivity index (χ0n) is 20.4. The topological polar surface area (TPSA) is 9.86 Å². The van der Waals surface area contributed by atoms with Crippen molar-refractivity contribution in [2.45, 2.75) is 27.7 Å². The van der Waals surface area contributed by atoms with Crippen molar-refractivity contribution in [2.75, 3.05) is 0 Å². The molecular weight excluding hydrogens is 550 g/mol. The van der Waals surface area contributed by atoms with Gasteiger partial charge < -0.3 is 9.13 Å². The number of aromatic nitrogens is 2. The Morgan fingerprint density at radius 3 is 1.37 bits per heavy atom. The molecule has 0 saturated heterocycles. The monoisotopic (exact) mass is 576 g/mol. The minimum atomic E-state index is -0.826. The Morgan fingerprint density at radius 1 is 0.629 bits per heavy atom. The van der Waals surface area contributed by atoms with E-state index in [9.17, 15) is 0 Å². The average Bonchev–Trinajstić information content (AvgIpc) is 3.61. The molecule has 0 spiro atoms. The molecule has 0 unspecified atom stereocenters. The summed E-state index contributed by atoms with van der Waals surface area (Å²) in [4.78, 5) is 0. The summed E-state index contributed by atoms with van der Waals surface area (Å²) in [5.74, 6) is 0. The van der Waals surface area contributed by atoms with Crippen LogP contribution in [0.25, 0.3) is 32.9 Å². The zero-order valence-corrected chi connectivity index (χ0v) is 24.4. The van der Waals surface area contributed by atoms with Crippen molar-refractivity contribution < 1.29 is 20.8 Å².